The molecule has 0 aliphatic carbocycles. The predicted octanol–water partition coefficient (Wildman–Crippen LogP) is 1.43. The second kappa shape index (κ2) is 7.04. The van der Waals surface area contributed by atoms with E-state index < -0.39 is 5.91 Å². The van der Waals surface area contributed by atoms with Crippen LogP contribution in [0.15, 0.2) is 42.5 Å². The molecule has 2 rings (SSSR count). The first-order valence-corrected chi connectivity index (χ1v) is 7.20. The number of fused-ring (bicyclic) bond motifs is 1. The van der Waals surface area contributed by atoms with Gasteiger partial charge in [0.25, 0.3) is 0 Å². The van der Waals surface area contributed by atoms with Gasteiger partial charge < -0.3 is 11.1 Å². The molecule has 0 unspecified atom stereocenters. The van der Waals surface area contributed by atoms with E-state index in [-0.39, 0.29) is 25.0 Å². The van der Waals surface area contributed by atoms with Gasteiger partial charge in [-0.2, -0.15) is 0 Å². The number of benzene rings is 2. The Labute approximate surface area is 130 Å². The summed E-state index contributed by atoms with van der Waals surface area (Å²) in [6.07, 6.45) is 0. The van der Waals surface area contributed by atoms with Crippen molar-refractivity contribution in [2.75, 3.05) is 20.1 Å². The Morgan fingerprint density at radius 3 is 2.50 bits per heavy atom. The van der Waals surface area contributed by atoms with Gasteiger partial charge in [-0.25, -0.2) is 0 Å². The highest BCUT2D eigenvalue weighted by Crippen LogP contribution is 2.20. The quantitative estimate of drug-likeness (QED) is 0.847. The molecule has 5 nitrogen and oxygen atoms in total. The van der Waals surface area contributed by atoms with Gasteiger partial charge in [0.05, 0.1) is 19.1 Å². The van der Waals surface area contributed by atoms with E-state index in [0.29, 0.717) is 0 Å². The second-order valence-electron chi connectivity index (χ2n) is 5.53. The Bertz CT molecular complexity index is 684. The van der Waals surface area contributed by atoms with Gasteiger partial charge in [0.2, 0.25) is 11.8 Å². The topological polar surface area (TPSA) is 75.4 Å². The molecule has 0 bridgehead atoms. The van der Waals surface area contributed by atoms with E-state index in [0.717, 1.165) is 10.9 Å². The number of rotatable bonds is 6. The third-order valence-corrected chi connectivity index (χ3v) is 3.49. The van der Waals surface area contributed by atoms with Crippen molar-refractivity contribution >= 4 is 22.6 Å². The zero-order valence-corrected chi connectivity index (χ0v) is 12.9. The molecule has 5 heteroatoms. The number of nitrogens with one attached hydrogen (secondary N) is 1. The fraction of sp³-hybridized carbons (Fsp3) is 0.294. The lowest BCUT2D eigenvalue weighted by molar-refractivity contribution is -0.123. The maximum atomic E-state index is 12.0. The molecule has 22 heavy (non-hydrogen) atoms. The molecule has 0 aliphatic rings. The van der Waals surface area contributed by atoms with Crippen LogP contribution in [0.5, 0.6) is 0 Å². The number of carbonyl (C=O) groups is 2. The van der Waals surface area contributed by atoms with E-state index in [1.165, 1.54) is 5.39 Å². The average molecular weight is 299 g/mol. The molecule has 0 fully saturated rings. The van der Waals surface area contributed by atoms with Crippen LogP contribution in [0.1, 0.15) is 18.5 Å². The number of carbonyl (C=O) groups excluding carboxylic acids is 2. The highest BCUT2D eigenvalue weighted by atomic mass is 16.2. The molecule has 0 heterocycles. The summed E-state index contributed by atoms with van der Waals surface area (Å²) >= 11 is 0. The van der Waals surface area contributed by atoms with Gasteiger partial charge in [-0.1, -0.05) is 36.4 Å². The summed E-state index contributed by atoms with van der Waals surface area (Å²) in [6, 6.07) is 14.1. The lowest BCUT2D eigenvalue weighted by Gasteiger charge is -2.18. The number of nitrogens with two attached hydrogens (primary N) is 1. The normalized spacial score (nSPS) is 12.3. The minimum Gasteiger partial charge on any atom is -0.369 e. The lowest BCUT2D eigenvalue weighted by atomic mass is 10.0. The van der Waals surface area contributed by atoms with Crippen molar-refractivity contribution in [3.8, 4) is 0 Å². The second-order valence-corrected chi connectivity index (χ2v) is 5.53. The summed E-state index contributed by atoms with van der Waals surface area (Å²) in [7, 11) is 1.69. The smallest absolute Gasteiger partial charge is 0.234 e. The summed E-state index contributed by atoms with van der Waals surface area (Å²) < 4.78 is 0. The third kappa shape index (κ3) is 4.30. The van der Waals surface area contributed by atoms with Crippen molar-refractivity contribution in [2.24, 2.45) is 5.73 Å². The van der Waals surface area contributed by atoms with Crippen LogP contribution in [0.3, 0.4) is 0 Å². The Morgan fingerprint density at radius 1 is 1.14 bits per heavy atom. The Balaban J connectivity index is 1.99. The van der Waals surface area contributed by atoms with Crippen LogP contribution in [0.25, 0.3) is 10.8 Å². The molecule has 1 atom stereocenters. The molecular weight excluding hydrogens is 278 g/mol. The van der Waals surface area contributed by atoms with E-state index >= 15 is 0 Å². The predicted molar refractivity (Wildman–Crippen MR) is 87.2 cm³/mol. The summed E-state index contributed by atoms with van der Waals surface area (Å²) in [5.41, 5.74) is 6.15. The summed E-state index contributed by atoms with van der Waals surface area (Å²) in [4.78, 5) is 24.4. The number of likely N-dealkylation sites (N-methyl/N-ethyl adjacent to an activating group) is 1. The molecule has 116 valence electrons. The van der Waals surface area contributed by atoms with E-state index in [4.69, 9.17) is 5.73 Å². The molecule has 2 aromatic carbocycles. The van der Waals surface area contributed by atoms with Gasteiger partial charge in [-0.3, -0.25) is 14.5 Å². The fourth-order valence-corrected chi connectivity index (χ4v) is 2.41. The van der Waals surface area contributed by atoms with E-state index in [1.807, 2.05) is 37.3 Å². The van der Waals surface area contributed by atoms with Crippen LogP contribution in [0, 0.1) is 0 Å². The molecular formula is C17H21N3O2. The monoisotopic (exact) mass is 299 g/mol. The van der Waals surface area contributed by atoms with E-state index in [9.17, 15) is 9.59 Å². The molecule has 0 aromatic heterocycles. The number of nitrogens with zero attached hydrogens (tertiary/aromatic N) is 1. The van der Waals surface area contributed by atoms with Crippen molar-refractivity contribution in [2.45, 2.75) is 13.0 Å². The molecule has 0 aliphatic heterocycles. The average Bonchev–Trinajstić information content (AvgIpc) is 2.45. The van der Waals surface area contributed by atoms with Crippen LogP contribution in [0.4, 0.5) is 0 Å². The minimum absolute atomic E-state index is 0.0672. The summed E-state index contributed by atoms with van der Waals surface area (Å²) in [5.74, 6) is -0.581. The van der Waals surface area contributed by atoms with Crippen LogP contribution in [-0.2, 0) is 9.59 Å². The van der Waals surface area contributed by atoms with Gasteiger partial charge >= 0.3 is 0 Å². The number of hydrogen-bond acceptors (Lipinski definition) is 3. The number of primary amides is 1. The largest absolute Gasteiger partial charge is 0.369 e. The zero-order valence-electron chi connectivity index (χ0n) is 12.9. The molecule has 2 aromatic rings. The third-order valence-electron chi connectivity index (χ3n) is 3.49. The number of amides is 2. The zero-order chi connectivity index (χ0) is 16.1. The first-order chi connectivity index (χ1) is 10.5. The Kier molecular flexibility index (Phi) is 5.12. The Hall–Kier alpha value is -2.40. The van der Waals surface area contributed by atoms with Gasteiger partial charge in [-0.15, -0.1) is 0 Å². The Morgan fingerprint density at radius 2 is 1.82 bits per heavy atom. The van der Waals surface area contributed by atoms with Crippen LogP contribution < -0.4 is 11.1 Å². The van der Waals surface area contributed by atoms with Crippen LogP contribution in [-0.4, -0.2) is 36.9 Å². The van der Waals surface area contributed by atoms with Gasteiger partial charge in [0.15, 0.2) is 0 Å². The maximum absolute atomic E-state index is 12.0. The molecule has 3 N–H and O–H groups in total. The molecule has 0 radical (unpaired) electrons. The van der Waals surface area contributed by atoms with E-state index in [1.54, 1.807) is 11.9 Å². The highest BCUT2D eigenvalue weighted by molar-refractivity contribution is 5.84. The maximum Gasteiger partial charge on any atom is 0.234 e. The SMILES string of the molecule is C[C@H](NC(=O)CN(C)CC(N)=O)c1ccc2ccccc2c1. The summed E-state index contributed by atoms with van der Waals surface area (Å²) in [6.45, 7) is 2.15. The van der Waals surface area contributed by atoms with Crippen molar-refractivity contribution in [3.05, 3.63) is 48.0 Å². The van der Waals surface area contributed by atoms with Crippen molar-refractivity contribution in [1.29, 1.82) is 0 Å². The summed E-state index contributed by atoms with van der Waals surface area (Å²) in [5, 5.41) is 5.25. The van der Waals surface area contributed by atoms with Crippen molar-refractivity contribution in [3.63, 3.8) is 0 Å². The van der Waals surface area contributed by atoms with Gasteiger partial charge in [0.1, 0.15) is 0 Å². The van der Waals surface area contributed by atoms with Crippen molar-refractivity contribution in [1.82, 2.24) is 10.2 Å². The van der Waals surface area contributed by atoms with Gasteiger partial charge in [-0.05, 0) is 36.4 Å². The van der Waals surface area contributed by atoms with Crippen molar-refractivity contribution < 1.29 is 9.59 Å². The van der Waals surface area contributed by atoms with E-state index in [2.05, 4.69) is 17.4 Å². The minimum atomic E-state index is -0.446. The molecule has 0 saturated carbocycles. The molecule has 0 saturated heterocycles. The van der Waals surface area contributed by atoms with Crippen LogP contribution in [0.2, 0.25) is 0 Å². The standard InChI is InChI=1S/C17H21N3O2/c1-12(19-17(22)11-20(2)10-16(18)21)14-8-7-13-5-3-4-6-15(13)9-14/h3-9,12H,10-11H2,1-2H3,(H2,18,21)(H,19,22)/t12-/m0/s1. The first-order valence-electron chi connectivity index (χ1n) is 7.20. The molecule has 2 amide bonds. The first kappa shape index (κ1) is 16.0. The highest BCUT2D eigenvalue weighted by Gasteiger charge is 2.13. The molecule has 0 spiro atoms. The van der Waals surface area contributed by atoms with Gasteiger partial charge in [0, 0.05) is 0 Å². The fourth-order valence-electron chi connectivity index (χ4n) is 2.41. The van der Waals surface area contributed by atoms with Crippen LogP contribution >= 0.6 is 0 Å². The number of hydrogen-bond donors (Lipinski definition) is 2. The lowest BCUT2D eigenvalue weighted by Crippen LogP contribution is -2.39.